The zero-order valence-corrected chi connectivity index (χ0v) is 14.7. The summed E-state index contributed by atoms with van der Waals surface area (Å²) < 4.78 is 4.68. The Labute approximate surface area is 151 Å². The average molecular weight is 352 g/mol. The van der Waals surface area contributed by atoms with E-state index in [1.54, 1.807) is 42.3 Å². The molecular weight excluding hydrogens is 332 g/mol. The maximum absolute atomic E-state index is 12.9. The molecule has 0 radical (unpaired) electrons. The molecule has 3 rings (SSSR count). The first-order valence-electron chi connectivity index (χ1n) is 8.30. The molecule has 2 amide bonds. The third-order valence-electron chi connectivity index (χ3n) is 4.47. The Balaban J connectivity index is 1.74. The van der Waals surface area contributed by atoms with Crippen LogP contribution in [-0.2, 0) is 20.9 Å². The Bertz CT molecular complexity index is 845. The fourth-order valence-electron chi connectivity index (χ4n) is 3.11. The second kappa shape index (κ2) is 7.39. The first-order chi connectivity index (χ1) is 12.5. The highest BCUT2D eigenvalue weighted by atomic mass is 16.5. The molecule has 0 aromatic heterocycles. The Morgan fingerprint density at radius 1 is 1.15 bits per heavy atom. The van der Waals surface area contributed by atoms with Crippen molar-refractivity contribution in [1.29, 1.82) is 0 Å². The van der Waals surface area contributed by atoms with Gasteiger partial charge in [0, 0.05) is 25.7 Å². The first kappa shape index (κ1) is 17.7. The Morgan fingerprint density at radius 2 is 1.85 bits per heavy atom. The van der Waals surface area contributed by atoms with Crippen molar-refractivity contribution in [2.24, 2.45) is 0 Å². The number of benzene rings is 2. The van der Waals surface area contributed by atoms with Gasteiger partial charge in [0.25, 0.3) is 0 Å². The van der Waals surface area contributed by atoms with E-state index in [1.165, 1.54) is 7.11 Å². The van der Waals surface area contributed by atoms with Crippen LogP contribution in [0.4, 0.5) is 5.69 Å². The van der Waals surface area contributed by atoms with Crippen LogP contribution in [0.2, 0.25) is 0 Å². The van der Waals surface area contributed by atoms with Crippen LogP contribution in [0.15, 0.2) is 48.5 Å². The molecule has 0 spiro atoms. The molecule has 6 nitrogen and oxygen atoms in total. The molecule has 26 heavy (non-hydrogen) atoms. The summed E-state index contributed by atoms with van der Waals surface area (Å²) in [5, 5.41) is 2.80. The number of carbonyl (C=O) groups excluding carboxylic acids is 3. The number of hydrogen-bond acceptors (Lipinski definition) is 4. The third-order valence-corrected chi connectivity index (χ3v) is 4.47. The van der Waals surface area contributed by atoms with E-state index < -0.39 is 11.9 Å². The van der Waals surface area contributed by atoms with Crippen LogP contribution >= 0.6 is 0 Å². The van der Waals surface area contributed by atoms with E-state index in [4.69, 9.17) is 0 Å². The highest BCUT2D eigenvalue weighted by Crippen LogP contribution is 2.33. The maximum atomic E-state index is 12.9. The smallest absolute Gasteiger partial charge is 0.337 e. The van der Waals surface area contributed by atoms with E-state index in [0.29, 0.717) is 17.8 Å². The fraction of sp³-hybridized carbons (Fsp3) is 0.250. The van der Waals surface area contributed by atoms with Crippen LogP contribution < -0.4 is 5.32 Å². The minimum absolute atomic E-state index is 0.107. The number of para-hydroxylation sites is 1. The van der Waals surface area contributed by atoms with Crippen LogP contribution in [-0.4, -0.2) is 36.8 Å². The van der Waals surface area contributed by atoms with Crippen molar-refractivity contribution < 1.29 is 19.1 Å². The van der Waals surface area contributed by atoms with Crippen molar-refractivity contribution in [2.75, 3.05) is 19.5 Å². The Morgan fingerprint density at radius 3 is 2.54 bits per heavy atom. The van der Waals surface area contributed by atoms with Gasteiger partial charge >= 0.3 is 5.97 Å². The number of ether oxygens (including phenoxy) is 1. The number of nitrogens with one attached hydrogen (secondary N) is 1. The van der Waals surface area contributed by atoms with E-state index >= 15 is 0 Å². The first-order valence-corrected chi connectivity index (χ1v) is 8.30. The Kier molecular flexibility index (Phi) is 5.02. The molecule has 2 aromatic rings. The molecule has 0 aliphatic carbocycles. The molecule has 0 bridgehead atoms. The standard InChI is InChI=1S/C20H20N2O4/c1-22(12-13-7-9-14(10-8-13)20(25)26-2)19(24)16-11-18(23)21-17-6-4-3-5-15(16)17/h3-10,16H,11-12H2,1-2H3,(H,21,23). The van der Waals surface area contributed by atoms with E-state index in [2.05, 4.69) is 10.1 Å². The Hall–Kier alpha value is -3.15. The van der Waals surface area contributed by atoms with Gasteiger partial charge in [-0.05, 0) is 29.3 Å². The molecule has 2 aromatic carbocycles. The number of methoxy groups -OCH3 is 1. The van der Waals surface area contributed by atoms with Crippen molar-refractivity contribution in [3.8, 4) is 0 Å². The summed E-state index contributed by atoms with van der Waals surface area (Å²) >= 11 is 0. The van der Waals surface area contributed by atoms with Gasteiger partial charge in [-0.15, -0.1) is 0 Å². The monoisotopic (exact) mass is 352 g/mol. The summed E-state index contributed by atoms with van der Waals surface area (Å²) in [6.45, 7) is 0.389. The number of fused-ring (bicyclic) bond motifs is 1. The number of amides is 2. The molecule has 1 aliphatic heterocycles. The van der Waals surface area contributed by atoms with Gasteiger partial charge in [-0.2, -0.15) is 0 Å². The number of likely N-dealkylation sites (N-methyl/N-ethyl adjacent to an activating group) is 1. The van der Waals surface area contributed by atoms with Crippen LogP contribution in [0.25, 0.3) is 0 Å². The predicted octanol–water partition coefficient (Wildman–Crippen LogP) is 2.56. The number of hydrogen-bond donors (Lipinski definition) is 1. The summed E-state index contributed by atoms with van der Waals surface area (Å²) in [6.07, 6.45) is 0.140. The van der Waals surface area contributed by atoms with Crippen molar-refractivity contribution in [2.45, 2.75) is 18.9 Å². The van der Waals surface area contributed by atoms with Crippen LogP contribution in [0.1, 0.15) is 33.8 Å². The van der Waals surface area contributed by atoms with Crippen LogP contribution in [0.3, 0.4) is 0 Å². The largest absolute Gasteiger partial charge is 0.465 e. The molecule has 1 N–H and O–H groups in total. The lowest BCUT2D eigenvalue weighted by atomic mass is 9.89. The number of rotatable bonds is 4. The minimum atomic E-state index is -0.487. The van der Waals surface area contributed by atoms with Crippen molar-refractivity contribution in [3.63, 3.8) is 0 Å². The van der Waals surface area contributed by atoms with Gasteiger partial charge in [-0.25, -0.2) is 4.79 Å². The lowest BCUT2D eigenvalue weighted by molar-refractivity contribution is -0.134. The number of nitrogens with zero attached hydrogens (tertiary/aromatic N) is 1. The zero-order valence-electron chi connectivity index (χ0n) is 14.7. The highest BCUT2D eigenvalue weighted by Gasteiger charge is 2.32. The van der Waals surface area contributed by atoms with Gasteiger partial charge in [0.1, 0.15) is 0 Å². The maximum Gasteiger partial charge on any atom is 0.337 e. The molecule has 6 heteroatoms. The van der Waals surface area contributed by atoms with Gasteiger partial charge in [0.2, 0.25) is 11.8 Å². The SMILES string of the molecule is COC(=O)c1ccc(CN(C)C(=O)C2CC(=O)Nc3ccccc32)cc1. The lowest BCUT2D eigenvalue weighted by Gasteiger charge is -2.28. The van der Waals surface area contributed by atoms with Crippen molar-refractivity contribution in [3.05, 3.63) is 65.2 Å². The molecule has 1 aliphatic rings. The van der Waals surface area contributed by atoms with E-state index in [9.17, 15) is 14.4 Å². The van der Waals surface area contributed by atoms with Crippen LogP contribution in [0, 0.1) is 0 Å². The molecule has 134 valence electrons. The topological polar surface area (TPSA) is 75.7 Å². The second-order valence-corrected chi connectivity index (χ2v) is 6.27. The van der Waals surface area contributed by atoms with Crippen molar-refractivity contribution in [1.82, 2.24) is 4.90 Å². The minimum Gasteiger partial charge on any atom is -0.465 e. The lowest BCUT2D eigenvalue weighted by Crippen LogP contribution is -2.36. The number of esters is 1. The number of carbonyl (C=O) groups is 3. The molecule has 0 fully saturated rings. The van der Waals surface area contributed by atoms with Gasteiger partial charge in [0.15, 0.2) is 0 Å². The van der Waals surface area contributed by atoms with E-state index in [-0.39, 0.29) is 18.2 Å². The predicted molar refractivity (Wildman–Crippen MR) is 96.7 cm³/mol. The second-order valence-electron chi connectivity index (χ2n) is 6.27. The quantitative estimate of drug-likeness (QED) is 0.858. The molecular formula is C20H20N2O4. The summed E-state index contributed by atoms with van der Waals surface area (Å²) in [6, 6.07) is 14.3. The van der Waals surface area contributed by atoms with Gasteiger partial charge in [-0.3, -0.25) is 9.59 Å². The van der Waals surface area contributed by atoms with E-state index in [1.807, 2.05) is 18.2 Å². The summed E-state index contributed by atoms with van der Waals surface area (Å²) in [7, 11) is 3.05. The molecule has 1 unspecified atom stereocenters. The summed E-state index contributed by atoms with van der Waals surface area (Å²) in [4.78, 5) is 37.9. The van der Waals surface area contributed by atoms with E-state index in [0.717, 1.165) is 11.1 Å². The molecule has 1 atom stereocenters. The highest BCUT2D eigenvalue weighted by molar-refractivity contribution is 6.01. The number of anilines is 1. The van der Waals surface area contributed by atoms with Gasteiger partial charge < -0.3 is 15.0 Å². The third kappa shape index (κ3) is 3.59. The van der Waals surface area contributed by atoms with Gasteiger partial charge in [-0.1, -0.05) is 30.3 Å². The van der Waals surface area contributed by atoms with Gasteiger partial charge in [0.05, 0.1) is 18.6 Å². The van der Waals surface area contributed by atoms with Crippen LogP contribution in [0.5, 0.6) is 0 Å². The summed E-state index contributed by atoms with van der Waals surface area (Å²) in [5.41, 5.74) is 2.88. The zero-order chi connectivity index (χ0) is 18.7. The summed E-state index contributed by atoms with van der Waals surface area (Å²) in [5.74, 6) is -1.15. The molecule has 0 saturated heterocycles. The average Bonchev–Trinajstić information content (AvgIpc) is 2.66. The van der Waals surface area contributed by atoms with Crippen molar-refractivity contribution >= 4 is 23.5 Å². The molecule has 1 heterocycles. The normalized spacial score (nSPS) is 15.6. The fourth-order valence-corrected chi connectivity index (χ4v) is 3.11. The molecule has 0 saturated carbocycles.